The largest absolute Gasteiger partial charge is 0.469 e. The van der Waals surface area contributed by atoms with Crippen LogP contribution in [0.2, 0.25) is 0 Å². The zero-order valence-corrected chi connectivity index (χ0v) is 13.4. The van der Waals surface area contributed by atoms with Crippen molar-refractivity contribution in [3.05, 3.63) is 77.6 Å². The van der Waals surface area contributed by atoms with Gasteiger partial charge in [0, 0.05) is 23.6 Å². The summed E-state index contributed by atoms with van der Waals surface area (Å²) >= 11 is 0. The number of aromatic nitrogens is 3. The van der Waals surface area contributed by atoms with Crippen molar-refractivity contribution in [1.82, 2.24) is 14.8 Å². The van der Waals surface area contributed by atoms with E-state index in [1.54, 1.807) is 10.9 Å². The molecule has 0 amide bonds. The van der Waals surface area contributed by atoms with E-state index in [1.165, 1.54) is 6.33 Å². The van der Waals surface area contributed by atoms with Gasteiger partial charge in [-0.05, 0) is 24.1 Å². The van der Waals surface area contributed by atoms with Gasteiger partial charge in [0.15, 0.2) is 5.78 Å². The molecule has 6 heteroatoms. The minimum Gasteiger partial charge on any atom is -0.469 e. The van der Waals surface area contributed by atoms with Crippen LogP contribution < -0.4 is 5.32 Å². The number of hydrogen-bond donors (Lipinski definition) is 1. The summed E-state index contributed by atoms with van der Waals surface area (Å²) in [5, 5.41) is 7.65. The third kappa shape index (κ3) is 2.21. The van der Waals surface area contributed by atoms with E-state index in [-0.39, 0.29) is 17.7 Å². The van der Waals surface area contributed by atoms with Crippen LogP contribution in [0.1, 0.15) is 36.1 Å². The summed E-state index contributed by atoms with van der Waals surface area (Å²) in [7, 11) is 0. The number of nitrogens with zero attached hydrogens (tertiary/aromatic N) is 3. The molecule has 1 aromatic carbocycles. The van der Waals surface area contributed by atoms with Gasteiger partial charge in [-0.2, -0.15) is 10.1 Å². The fourth-order valence-corrected chi connectivity index (χ4v) is 3.82. The number of rotatable bonds is 2. The van der Waals surface area contributed by atoms with Crippen molar-refractivity contribution in [3.8, 4) is 0 Å². The molecule has 0 fully saturated rings. The van der Waals surface area contributed by atoms with Crippen molar-refractivity contribution in [3.63, 3.8) is 0 Å². The minimum absolute atomic E-state index is 0.0552. The molecule has 2 aliphatic rings. The number of hydrogen-bond acceptors (Lipinski definition) is 5. The normalized spacial score (nSPS) is 22.3. The number of ketones is 1. The Morgan fingerprint density at radius 2 is 2.00 bits per heavy atom. The molecular weight excluding hydrogens is 316 g/mol. The van der Waals surface area contributed by atoms with Crippen LogP contribution in [0.4, 0.5) is 5.95 Å². The van der Waals surface area contributed by atoms with Crippen molar-refractivity contribution in [2.75, 3.05) is 5.32 Å². The van der Waals surface area contributed by atoms with Crippen LogP contribution in [0.5, 0.6) is 0 Å². The second-order valence-electron chi connectivity index (χ2n) is 6.40. The summed E-state index contributed by atoms with van der Waals surface area (Å²) in [5.41, 5.74) is 2.74. The summed E-state index contributed by atoms with van der Waals surface area (Å²) in [6, 6.07) is 13.5. The first-order valence-electron chi connectivity index (χ1n) is 8.32. The van der Waals surface area contributed by atoms with Crippen molar-refractivity contribution in [2.24, 2.45) is 0 Å². The number of benzene rings is 1. The van der Waals surface area contributed by atoms with Gasteiger partial charge in [-0.3, -0.25) is 4.79 Å². The van der Waals surface area contributed by atoms with Crippen LogP contribution in [-0.4, -0.2) is 20.5 Å². The summed E-state index contributed by atoms with van der Waals surface area (Å²) in [6.45, 7) is 0. The third-order valence-corrected chi connectivity index (χ3v) is 4.92. The number of allylic oxidation sites excluding steroid dienone is 2. The Labute approximate surface area is 144 Å². The standard InChI is InChI=1S/C19H16N4O2/c24-15-10-13(16-7-4-8-25-16)9-14-17(15)18(12-5-2-1-3-6-12)23-19(22-14)20-11-21-23/h1-8,11,13,18H,9-10H2,(H,20,21,22). The lowest BCUT2D eigenvalue weighted by Crippen LogP contribution is -2.33. The molecule has 3 heterocycles. The molecule has 2 unspecified atom stereocenters. The molecule has 1 aliphatic carbocycles. The Balaban J connectivity index is 1.63. The quantitative estimate of drug-likeness (QED) is 0.779. The molecule has 3 aromatic rings. The molecular formula is C19H16N4O2. The smallest absolute Gasteiger partial charge is 0.226 e. The molecule has 1 aliphatic heterocycles. The molecule has 0 saturated carbocycles. The number of anilines is 1. The highest BCUT2D eigenvalue weighted by Gasteiger charge is 2.39. The maximum atomic E-state index is 13.0. The number of furan rings is 1. The Morgan fingerprint density at radius 3 is 2.80 bits per heavy atom. The van der Waals surface area contributed by atoms with Gasteiger partial charge in [0.05, 0.1) is 6.26 Å². The zero-order valence-electron chi connectivity index (χ0n) is 13.4. The van der Waals surface area contributed by atoms with E-state index in [9.17, 15) is 4.79 Å². The van der Waals surface area contributed by atoms with E-state index in [1.807, 2.05) is 42.5 Å². The highest BCUT2D eigenvalue weighted by molar-refractivity contribution is 6.00. The molecule has 6 nitrogen and oxygen atoms in total. The average molecular weight is 332 g/mol. The summed E-state index contributed by atoms with van der Waals surface area (Å²) in [4.78, 5) is 17.4. The molecule has 2 aromatic heterocycles. The monoisotopic (exact) mass is 332 g/mol. The first kappa shape index (κ1) is 14.2. The lowest BCUT2D eigenvalue weighted by molar-refractivity contribution is -0.117. The predicted molar refractivity (Wildman–Crippen MR) is 90.9 cm³/mol. The minimum atomic E-state index is -0.236. The van der Waals surface area contributed by atoms with Gasteiger partial charge in [0.1, 0.15) is 18.1 Å². The average Bonchev–Trinajstić information content (AvgIpc) is 3.32. The van der Waals surface area contributed by atoms with Crippen molar-refractivity contribution >= 4 is 11.7 Å². The fourth-order valence-electron chi connectivity index (χ4n) is 3.82. The molecule has 5 rings (SSSR count). The summed E-state index contributed by atoms with van der Waals surface area (Å²) in [6.07, 6.45) is 4.35. The second-order valence-corrected chi connectivity index (χ2v) is 6.40. The molecule has 2 atom stereocenters. The zero-order chi connectivity index (χ0) is 16.8. The Bertz CT molecular complexity index is 956. The summed E-state index contributed by atoms with van der Waals surface area (Å²) < 4.78 is 7.32. The number of carbonyl (C=O) groups is 1. The maximum Gasteiger partial charge on any atom is 0.226 e. The topological polar surface area (TPSA) is 73.0 Å². The lowest BCUT2D eigenvalue weighted by Gasteiger charge is -2.34. The first-order valence-corrected chi connectivity index (χ1v) is 8.32. The number of carbonyl (C=O) groups excluding carboxylic acids is 1. The third-order valence-electron chi connectivity index (χ3n) is 4.92. The van der Waals surface area contributed by atoms with Crippen LogP contribution in [0, 0.1) is 0 Å². The van der Waals surface area contributed by atoms with Gasteiger partial charge in [0.2, 0.25) is 5.95 Å². The van der Waals surface area contributed by atoms with Crippen LogP contribution >= 0.6 is 0 Å². The van der Waals surface area contributed by atoms with Crippen LogP contribution in [0.15, 0.2) is 70.7 Å². The van der Waals surface area contributed by atoms with E-state index < -0.39 is 0 Å². The predicted octanol–water partition coefficient (Wildman–Crippen LogP) is 3.29. The van der Waals surface area contributed by atoms with E-state index >= 15 is 0 Å². The Morgan fingerprint density at radius 1 is 1.12 bits per heavy atom. The van der Waals surface area contributed by atoms with E-state index in [0.29, 0.717) is 12.4 Å². The van der Waals surface area contributed by atoms with Crippen LogP contribution in [0.25, 0.3) is 0 Å². The van der Waals surface area contributed by atoms with Gasteiger partial charge < -0.3 is 9.73 Å². The molecule has 0 spiro atoms. The molecule has 0 saturated heterocycles. The Kier molecular flexibility index (Phi) is 3.09. The number of Topliss-reactive ketones (excluding diaryl/α,β-unsaturated/α-hetero) is 1. The molecule has 0 bridgehead atoms. The van der Waals surface area contributed by atoms with Crippen LogP contribution in [-0.2, 0) is 4.79 Å². The first-order chi connectivity index (χ1) is 12.3. The molecule has 124 valence electrons. The van der Waals surface area contributed by atoms with Gasteiger partial charge in [-0.25, -0.2) is 4.68 Å². The maximum absolute atomic E-state index is 13.0. The fraction of sp³-hybridized carbons (Fsp3) is 0.211. The SMILES string of the molecule is O=C1CC(c2ccco2)CC2=C1C(c1ccccc1)n1ncnc1N2. The van der Waals surface area contributed by atoms with Crippen LogP contribution in [0.3, 0.4) is 0 Å². The van der Waals surface area contributed by atoms with Crippen molar-refractivity contribution < 1.29 is 9.21 Å². The van der Waals surface area contributed by atoms with E-state index in [4.69, 9.17) is 4.42 Å². The second kappa shape index (κ2) is 5.44. The molecule has 0 radical (unpaired) electrons. The number of nitrogens with one attached hydrogen (secondary N) is 1. The van der Waals surface area contributed by atoms with Crippen molar-refractivity contribution in [1.29, 1.82) is 0 Å². The van der Waals surface area contributed by atoms with Crippen molar-refractivity contribution in [2.45, 2.75) is 24.8 Å². The highest BCUT2D eigenvalue weighted by atomic mass is 16.3. The van der Waals surface area contributed by atoms with Gasteiger partial charge in [-0.15, -0.1) is 0 Å². The molecule has 1 N–H and O–H groups in total. The van der Waals surface area contributed by atoms with Gasteiger partial charge >= 0.3 is 0 Å². The molecule has 25 heavy (non-hydrogen) atoms. The highest BCUT2D eigenvalue weighted by Crippen LogP contribution is 2.43. The van der Waals surface area contributed by atoms with E-state index in [2.05, 4.69) is 15.4 Å². The Hall–Kier alpha value is -3.15. The van der Waals surface area contributed by atoms with Gasteiger partial charge in [-0.1, -0.05) is 30.3 Å². The summed E-state index contributed by atoms with van der Waals surface area (Å²) in [5.74, 6) is 1.70. The lowest BCUT2D eigenvalue weighted by atomic mass is 9.79. The van der Waals surface area contributed by atoms with Gasteiger partial charge in [0.25, 0.3) is 0 Å². The number of fused-ring (bicyclic) bond motifs is 1. The van der Waals surface area contributed by atoms with E-state index in [0.717, 1.165) is 29.0 Å².